The number of aromatic nitrogens is 2. The molecule has 3 aliphatic heterocycles. The van der Waals surface area contributed by atoms with E-state index in [4.69, 9.17) is 4.74 Å². The number of carbonyl (C=O) groups is 1. The van der Waals surface area contributed by atoms with Gasteiger partial charge >= 0.3 is 0 Å². The highest BCUT2D eigenvalue weighted by Gasteiger charge is 2.34. The molecular weight excluding hydrogens is 354 g/mol. The first-order chi connectivity index (χ1) is 13.6. The molecule has 0 N–H and O–H groups in total. The zero-order valence-corrected chi connectivity index (χ0v) is 17.5. The summed E-state index contributed by atoms with van der Waals surface area (Å²) >= 11 is 0. The zero-order valence-electron chi connectivity index (χ0n) is 17.5. The van der Waals surface area contributed by atoms with Crippen LogP contribution in [0.2, 0.25) is 0 Å². The first-order valence-electron chi connectivity index (χ1n) is 10.9. The molecule has 0 aromatic carbocycles. The Balaban J connectivity index is 1.27. The largest absolute Gasteiger partial charge is 0.378 e. The van der Waals surface area contributed by atoms with Crippen molar-refractivity contribution in [2.24, 2.45) is 13.0 Å². The molecule has 0 saturated carbocycles. The molecule has 0 aliphatic carbocycles. The molecule has 1 unspecified atom stereocenters. The van der Waals surface area contributed by atoms with Crippen LogP contribution in [0.5, 0.6) is 0 Å². The highest BCUT2D eigenvalue weighted by Crippen LogP contribution is 2.26. The van der Waals surface area contributed by atoms with E-state index in [0.29, 0.717) is 25.2 Å². The van der Waals surface area contributed by atoms with Gasteiger partial charge in [0.05, 0.1) is 25.3 Å². The van der Waals surface area contributed by atoms with Crippen molar-refractivity contribution >= 4 is 5.91 Å². The highest BCUT2D eigenvalue weighted by molar-refractivity contribution is 5.79. The van der Waals surface area contributed by atoms with Gasteiger partial charge in [-0.15, -0.1) is 0 Å². The third kappa shape index (κ3) is 4.42. The molecule has 7 nitrogen and oxygen atoms in total. The predicted molar refractivity (Wildman–Crippen MR) is 108 cm³/mol. The van der Waals surface area contributed by atoms with Gasteiger partial charge in [-0.1, -0.05) is 0 Å². The molecule has 1 amide bonds. The molecule has 4 heterocycles. The van der Waals surface area contributed by atoms with Gasteiger partial charge in [0.2, 0.25) is 5.91 Å². The van der Waals surface area contributed by atoms with Crippen LogP contribution in [0.4, 0.5) is 0 Å². The van der Waals surface area contributed by atoms with E-state index in [-0.39, 0.29) is 5.92 Å². The average Bonchev–Trinajstić information content (AvgIpc) is 3.06. The zero-order chi connectivity index (χ0) is 19.5. The van der Waals surface area contributed by atoms with Gasteiger partial charge < -0.3 is 9.64 Å². The fourth-order valence-electron chi connectivity index (χ4n) is 4.96. The number of hydrogen-bond acceptors (Lipinski definition) is 5. The molecule has 1 aromatic rings. The molecule has 0 radical (unpaired) electrons. The van der Waals surface area contributed by atoms with Crippen LogP contribution in [-0.4, -0.2) is 88.9 Å². The van der Waals surface area contributed by atoms with Gasteiger partial charge in [0, 0.05) is 50.5 Å². The standard InChI is InChI=1S/C21H35N5O2/c1-17-19(14-22-23(17)2)15-24-8-5-20(6-9-24)26-7-3-4-18(16-26)21(27)25-10-12-28-13-11-25/h14,18,20H,3-13,15-16H2,1-2H3. The molecule has 3 fully saturated rings. The van der Waals surface area contributed by atoms with Crippen molar-refractivity contribution in [3.8, 4) is 0 Å². The van der Waals surface area contributed by atoms with E-state index < -0.39 is 0 Å². The quantitative estimate of drug-likeness (QED) is 0.776. The Labute approximate surface area is 168 Å². The average molecular weight is 390 g/mol. The minimum atomic E-state index is 0.183. The normalized spacial score (nSPS) is 25.9. The summed E-state index contributed by atoms with van der Waals surface area (Å²) in [5.74, 6) is 0.542. The number of piperidine rings is 2. The van der Waals surface area contributed by atoms with Crippen LogP contribution in [-0.2, 0) is 23.1 Å². The monoisotopic (exact) mass is 389 g/mol. The Bertz CT molecular complexity index is 662. The Morgan fingerprint density at radius 2 is 1.89 bits per heavy atom. The van der Waals surface area contributed by atoms with Crippen molar-refractivity contribution < 1.29 is 9.53 Å². The van der Waals surface area contributed by atoms with Crippen LogP contribution in [0.15, 0.2) is 6.20 Å². The third-order valence-electron chi connectivity index (χ3n) is 6.93. The van der Waals surface area contributed by atoms with Gasteiger partial charge in [-0.05, 0) is 52.2 Å². The third-order valence-corrected chi connectivity index (χ3v) is 6.93. The van der Waals surface area contributed by atoms with E-state index in [0.717, 1.165) is 58.7 Å². The maximum atomic E-state index is 12.9. The van der Waals surface area contributed by atoms with Crippen molar-refractivity contribution in [2.75, 3.05) is 52.5 Å². The maximum Gasteiger partial charge on any atom is 0.227 e. The first-order valence-corrected chi connectivity index (χ1v) is 10.9. The maximum absolute atomic E-state index is 12.9. The first kappa shape index (κ1) is 19.9. The highest BCUT2D eigenvalue weighted by atomic mass is 16.5. The van der Waals surface area contributed by atoms with E-state index in [1.165, 1.54) is 24.1 Å². The smallest absolute Gasteiger partial charge is 0.227 e. The van der Waals surface area contributed by atoms with E-state index in [1.807, 2.05) is 22.8 Å². The lowest BCUT2D eigenvalue weighted by Crippen LogP contribution is -2.52. The minimum Gasteiger partial charge on any atom is -0.378 e. The number of aryl methyl sites for hydroxylation is 1. The molecule has 0 bridgehead atoms. The van der Waals surface area contributed by atoms with Crippen molar-refractivity contribution in [1.82, 2.24) is 24.5 Å². The van der Waals surface area contributed by atoms with Crippen LogP contribution in [0.3, 0.4) is 0 Å². The summed E-state index contributed by atoms with van der Waals surface area (Å²) in [7, 11) is 2.01. The Hall–Kier alpha value is -1.44. The summed E-state index contributed by atoms with van der Waals surface area (Å²) in [5, 5.41) is 4.37. The Morgan fingerprint density at radius 1 is 1.14 bits per heavy atom. The van der Waals surface area contributed by atoms with E-state index >= 15 is 0 Å². The molecule has 7 heteroatoms. The number of amides is 1. The van der Waals surface area contributed by atoms with Gasteiger partial charge in [-0.2, -0.15) is 5.10 Å². The van der Waals surface area contributed by atoms with E-state index in [9.17, 15) is 4.79 Å². The molecule has 1 aromatic heterocycles. The van der Waals surface area contributed by atoms with Crippen molar-refractivity contribution in [3.05, 3.63) is 17.5 Å². The number of morpholine rings is 1. The summed E-state index contributed by atoms with van der Waals surface area (Å²) in [5.41, 5.74) is 2.61. The molecule has 28 heavy (non-hydrogen) atoms. The summed E-state index contributed by atoms with van der Waals surface area (Å²) in [4.78, 5) is 20.1. The lowest BCUT2D eigenvalue weighted by Gasteiger charge is -2.43. The molecule has 3 saturated heterocycles. The number of carbonyl (C=O) groups excluding carboxylic acids is 1. The lowest BCUT2D eigenvalue weighted by molar-refractivity contribution is -0.142. The second-order valence-electron chi connectivity index (χ2n) is 8.66. The van der Waals surface area contributed by atoms with Gasteiger partial charge in [-0.25, -0.2) is 0 Å². The van der Waals surface area contributed by atoms with Crippen LogP contribution in [0.1, 0.15) is 36.9 Å². The summed E-state index contributed by atoms with van der Waals surface area (Å²) < 4.78 is 7.36. The summed E-state index contributed by atoms with van der Waals surface area (Å²) in [6.45, 7) is 10.4. The fourth-order valence-corrected chi connectivity index (χ4v) is 4.96. The van der Waals surface area contributed by atoms with Crippen molar-refractivity contribution in [1.29, 1.82) is 0 Å². The van der Waals surface area contributed by atoms with Crippen molar-refractivity contribution in [2.45, 2.75) is 45.2 Å². The molecular formula is C21H35N5O2. The van der Waals surface area contributed by atoms with E-state index in [1.54, 1.807) is 0 Å². The molecule has 156 valence electrons. The number of rotatable bonds is 4. The van der Waals surface area contributed by atoms with Crippen molar-refractivity contribution in [3.63, 3.8) is 0 Å². The second kappa shape index (κ2) is 8.93. The number of nitrogens with zero attached hydrogens (tertiary/aromatic N) is 5. The molecule has 0 spiro atoms. The SMILES string of the molecule is Cc1c(CN2CCC(N3CCCC(C(=O)N4CCOCC4)C3)CC2)cnn1C. The lowest BCUT2D eigenvalue weighted by atomic mass is 9.92. The van der Waals surface area contributed by atoms with Gasteiger partial charge in [0.25, 0.3) is 0 Å². The minimum absolute atomic E-state index is 0.183. The number of ether oxygens (including phenoxy) is 1. The number of likely N-dealkylation sites (tertiary alicyclic amines) is 2. The Morgan fingerprint density at radius 3 is 2.57 bits per heavy atom. The van der Waals surface area contributed by atoms with Crippen LogP contribution >= 0.6 is 0 Å². The number of hydrogen-bond donors (Lipinski definition) is 0. The fraction of sp³-hybridized carbons (Fsp3) is 0.810. The molecule has 1 atom stereocenters. The summed E-state index contributed by atoms with van der Waals surface area (Å²) in [6, 6.07) is 0.631. The topological polar surface area (TPSA) is 53.8 Å². The Kier molecular flexibility index (Phi) is 6.33. The van der Waals surface area contributed by atoms with Gasteiger partial charge in [-0.3, -0.25) is 19.3 Å². The van der Waals surface area contributed by atoms with Crippen LogP contribution in [0.25, 0.3) is 0 Å². The molecule has 3 aliphatic rings. The summed E-state index contributed by atoms with van der Waals surface area (Å²) in [6.07, 6.45) is 6.62. The van der Waals surface area contributed by atoms with E-state index in [2.05, 4.69) is 21.8 Å². The van der Waals surface area contributed by atoms with Gasteiger partial charge in [0.1, 0.15) is 0 Å². The predicted octanol–water partition coefficient (Wildman–Crippen LogP) is 1.26. The van der Waals surface area contributed by atoms with Crippen LogP contribution < -0.4 is 0 Å². The second-order valence-corrected chi connectivity index (χ2v) is 8.66. The van der Waals surface area contributed by atoms with Gasteiger partial charge in [0.15, 0.2) is 0 Å². The molecule has 4 rings (SSSR count). The van der Waals surface area contributed by atoms with Crippen LogP contribution in [0, 0.1) is 12.8 Å².